The minimum absolute atomic E-state index is 0.197. The fraction of sp³-hybridized carbons (Fsp3) is 0.278. The molecule has 2 aromatic carbocycles. The van der Waals surface area contributed by atoms with Gasteiger partial charge in [0.05, 0.1) is 4.90 Å². The Kier molecular flexibility index (Phi) is 5.50. The Morgan fingerprint density at radius 3 is 2.27 bits per heavy atom. The molecular formula is C18H20ClN3O3S. The lowest BCUT2D eigenvalue weighted by molar-refractivity contribution is -0.114. The number of amides is 1. The lowest BCUT2D eigenvalue weighted by Gasteiger charge is -2.35. The third-order valence-corrected chi connectivity index (χ3v) is 6.37. The van der Waals surface area contributed by atoms with Crippen LogP contribution in [0.5, 0.6) is 0 Å². The van der Waals surface area contributed by atoms with E-state index in [-0.39, 0.29) is 10.8 Å². The highest BCUT2D eigenvalue weighted by Gasteiger charge is 2.28. The highest BCUT2D eigenvalue weighted by Crippen LogP contribution is 2.24. The molecule has 0 spiro atoms. The highest BCUT2D eigenvalue weighted by atomic mass is 35.5. The van der Waals surface area contributed by atoms with Crippen LogP contribution < -0.4 is 10.2 Å². The monoisotopic (exact) mass is 393 g/mol. The molecule has 0 atom stereocenters. The Labute approximate surface area is 158 Å². The second-order valence-electron chi connectivity index (χ2n) is 6.08. The molecule has 138 valence electrons. The normalized spacial score (nSPS) is 15.7. The molecule has 1 amide bonds. The zero-order valence-corrected chi connectivity index (χ0v) is 15.9. The van der Waals surface area contributed by atoms with Crippen molar-refractivity contribution in [1.29, 1.82) is 0 Å². The number of benzene rings is 2. The molecular weight excluding hydrogens is 374 g/mol. The molecule has 26 heavy (non-hydrogen) atoms. The van der Waals surface area contributed by atoms with Gasteiger partial charge in [-0.05, 0) is 42.5 Å². The van der Waals surface area contributed by atoms with Gasteiger partial charge in [-0.3, -0.25) is 4.79 Å². The third-order valence-electron chi connectivity index (χ3n) is 4.22. The summed E-state index contributed by atoms with van der Waals surface area (Å²) in [6.45, 7) is 3.42. The number of hydrogen-bond acceptors (Lipinski definition) is 4. The second-order valence-corrected chi connectivity index (χ2v) is 8.45. The minimum Gasteiger partial charge on any atom is -0.369 e. The number of piperazine rings is 1. The van der Waals surface area contributed by atoms with E-state index in [9.17, 15) is 13.2 Å². The van der Waals surface area contributed by atoms with Gasteiger partial charge in [0, 0.05) is 49.5 Å². The van der Waals surface area contributed by atoms with E-state index in [0.29, 0.717) is 36.9 Å². The van der Waals surface area contributed by atoms with Crippen molar-refractivity contribution in [2.75, 3.05) is 36.4 Å². The van der Waals surface area contributed by atoms with Crippen molar-refractivity contribution in [3.05, 3.63) is 53.6 Å². The van der Waals surface area contributed by atoms with Gasteiger partial charge in [-0.25, -0.2) is 8.42 Å². The van der Waals surface area contributed by atoms with Crippen LogP contribution in [0.4, 0.5) is 11.4 Å². The molecule has 0 aromatic heterocycles. The van der Waals surface area contributed by atoms with E-state index in [0.717, 1.165) is 5.69 Å². The minimum atomic E-state index is -3.55. The molecule has 1 aliphatic heterocycles. The highest BCUT2D eigenvalue weighted by molar-refractivity contribution is 7.89. The Morgan fingerprint density at radius 2 is 1.69 bits per heavy atom. The van der Waals surface area contributed by atoms with Gasteiger partial charge in [0.1, 0.15) is 0 Å². The van der Waals surface area contributed by atoms with E-state index in [4.69, 9.17) is 11.6 Å². The maximum absolute atomic E-state index is 12.8. The van der Waals surface area contributed by atoms with Gasteiger partial charge >= 0.3 is 0 Å². The first-order valence-corrected chi connectivity index (χ1v) is 10.1. The fourth-order valence-corrected chi connectivity index (χ4v) is 4.53. The van der Waals surface area contributed by atoms with Crippen molar-refractivity contribution in [3.63, 3.8) is 0 Å². The molecule has 1 saturated heterocycles. The number of halogens is 1. The van der Waals surface area contributed by atoms with E-state index in [1.165, 1.54) is 23.4 Å². The molecule has 1 aliphatic rings. The number of sulfonamides is 1. The Bertz CT molecular complexity index is 892. The summed E-state index contributed by atoms with van der Waals surface area (Å²) >= 11 is 6.03. The van der Waals surface area contributed by atoms with Crippen LogP contribution in [0.2, 0.25) is 5.02 Å². The molecule has 0 aliphatic carbocycles. The molecule has 8 heteroatoms. The lowest BCUT2D eigenvalue weighted by atomic mass is 10.2. The van der Waals surface area contributed by atoms with Crippen LogP contribution in [0, 0.1) is 0 Å². The number of hydrogen-bond donors (Lipinski definition) is 1. The van der Waals surface area contributed by atoms with Gasteiger partial charge in [-0.2, -0.15) is 4.31 Å². The predicted octanol–water partition coefficient (Wildman–Crippen LogP) is 2.81. The van der Waals surface area contributed by atoms with Crippen molar-refractivity contribution in [1.82, 2.24) is 4.31 Å². The molecule has 0 unspecified atom stereocenters. The Morgan fingerprint density at radius 1 is 1.04 bits per heavy atom. The van der Waals surface area contributed by atoms with E-state index in [2.05, 4.69) is 10.2 Å². The van der Waals surface area contributed by atoms with Crippen molar-refractivity contribution >= 4 is 38.9 Å². The molecule has 0 bridgehead atoms. The summed E-state index contributed by atoms with van der Waals surface area (Å²) in [5, 5.41) is 3.29. The first kappa shape index (κ1) is 18.7. The Hall–Kier alpha value is -2.09. The summed E-state index contributed by atoms with van der Waals surface area (Å²) in [5.74, 6) is -0.197. The molecule has 2 aromatic rings. The molecule has 0 radical (unpaired) electrons. The average molecular weight is 394 g/mol. The van der Waals surface area contributed by atoms with E-state index in [1.54, 1.807) is 12.1 Å². The van der Waals surface area contributed by atoms with Crippen molar-refractivity contribution in [2.45, 2.75) is 11.8 Å². The van der Waals surface area contributed by atoms with E-state index in [1.807, 2.05) is 24.3 Å². The van der Waals surface area contributed by atoms with Gasteiger partial charge in [0.15, 0.2) is 0 Å². The SMILES string of the molecule is CC(=O)Nc1ccc(S(=O)(=O)N2CCN(c3cccc(Cl)c3)CC2)cc1. The van der Waals surface area contributed by atoms with Crippen molar-refractivity contribution in [3.8, 4) is 0 Å². The van der Waals surface area contributed by atoms with Gasteiger partial charge < -0.3 is 10.2 Å². The number of carbonyl (C=O) groups excluding carboxylic acids is 1. The summed E-state index contributed by atoms with van der Waals surface area (Å²) in [7, 11) is -3.55. The predicted molar refractivity (Wildman–Crippen MR) is 103 cm³/mol. The molecule has 6 nitrogen and oxygen atoms in total. The van der Waals surface area contributed by atoms with Crippen LogP contribution in [-0.4, -0.2) is 44.8 Å². The molecule has 0 saturated carbocycles. The van der Waals surface area contributed by atoms with Crippen LogP contribution in [0.15, 0.2) is 53.4 Å². The smallest absolute Gasteiger partial charge is 0.243 e. The molecule has 1 fully saturated rings. The molecule has 3 rings (SSSR count). The van der Waals surface area contributed by atoms with Crippen LogP contribution in [-0.2, 0) is 14.8 Å². The van der Waals surface area contributed by atoms with Gasteiger partial charge in [0.25, 0.3) is 0 Å². The second kappa shape index (κ2) is 7.65. The quantitative estimate of drug-likeness (QED) is 0.867. The maximum atomic E-state index is 12.8. The van der Waals surface area contributed by atoms with Crippen LogP contribution in [0.3, 0.4) is 0 Å². The first-order valence-electron chi connectivity index (χ1n) is 8.24. The first-order chi connectivity index (χ1) is 12.4. The molecule has 1 N–H and O–H groups in total. The van der Waals surface area contributed by atoms with Crippen LogP contribution in [0.1, 0.15) is 6.92 Å². The summed E-state index contributed by atoms with van der Waals surface area (Å²) < 4.78 is 27.1. The average Bonchev–Trinajstić information content (AvgIpc) is 2.62. The van der Waals surface area contributed by atoms with E-state index >= 15 is 0 Å². The topological polar surface area (TPSA) is 69.7 Å². The fourth-order valence-electron chi connectivity index (χ4n) is 2.92. The number of rotatable bonds is 4. The van der Waals surface area contributed by atoms with Crippen LogP contribution >= 0.6 is 11.6 Å². The van der Waals surface area contributed by atoms with Crippen LogP contribution in [0.25, 0.3) is 0 Å². The largest absolute Gasteiger partial charge is 0.369 e. The maximum Gasteiger partial charge on any atom is 0.243 e. The number of nitrogens with one attached hydrogen (secondary N) is 1. The lowest BCUT2D eigenvalue weighted by Crippen LogP contribution is -2.48. The van der Waals surface area contributed by atoms with Gasteiger partial charge in [0.2, 0.25) is 15.9 Å². The zero-order valence-electron chi connectivity index (χ0n) is 14.4. The molecule has 1 heterocycles. The Balaban J connectivity index is 1.68. The van der Waals surface area contributed by atoms with E-state index < -0.39 is 10.0 Å². The summed E-state index contributed by atoms with van der Waals surface area (Å²) in [6, 6.07) is 13.8. The third kappa shape index (κ3) is 4.17. The summed E-state index contributed by atoms with van der Waals surface area (Å²) in [6.07, 6.45) is 0. The van der Waals surface area contributed by atoms with Crippen molar-refractivity contribution in [2.24, 2.45) is 0 Å². The van der Waals surface area contributed by atoms with Gasteiger partial charge in [-0.1, -0.05) is 17.7 Å². The number of carbonyl (C=O) groups is 1. The zero-order chi connectivity index (χ0) is 18.7. The van der Waals surface area contributed by atoms with Gasteiger partial charge in [-0.15, -0.1) is 0 Å². The number of anilines is 2. The standard InChI is InChI=1S/C18H20ClN3O3S/c1-14(23)20-16-5-7-18(8-6-16)26(24,25)22-11-9-21(10-12-22)17-4-2-3-15(19)13-17/h2-8,13H,9-12H2,1H3,(H,20,23). The van der Waals surface area contributed by atoms with Crippen molar-refractivity contribution < 1.29 is 13.2 Å². The summed E-state index contributed by atoms with van der Waals surface area (Å²) in [5.41, 5.74) is 1.57. The number of nitrogens with zero attached hydrogens (tertiary/aromatic N) is 2. The summed E-state index contributed by atoms with van der Waals surface area (Å²) in [4.78, 5) is 13.4.